The Morgan fingerprint density at radius 2 is 1.79 bits per heavy atom. The zero-order valence-corrected chi connectivity index (χ0v) is 16.4. The van der Waals surface area contributed by atoms with Crippen molar-refractivity contribution in [3.8, 4) is 5.75 Å². The summed E-state index contributed by atoms with van der Waals surface area (Å²) in [6, 6.07) is 18.3. The fraction of sp³-hybridized carbons (Fsp3) is 0.304. The van der Waals surface area contributed by atoms with Crippen molar-refractivity contribution in [2.45, 2.75) is 26.1 Å². The van der Waals surface area contributed by atoms with E-state index in [1.165, 1.54) is 12.1 Å². The molecule has 0 unspecified atom stereocenters. The molecule has 1 heterocycles. The van der Waals surface area contributed by atoms with Gasteiger partial charge in [0.1, 0.15) is 24.3 Å². The van der Waals surface area contributed by atoms with Crippen LogP contribution >= 0.6 is 0 Å². The molecule has 4 nitrogen and oxygen atoms in total. The summed E-state index contributed by atoms with van der Waals surface area (Å²) in [5.41, 5.74) is 3.19. The van der Waals surface area contributed by atoms with E-state index in [1.54, 1.807) is 12.1 Å². The number of nitrogens with zero attached hydrogens (tertiary/aromatic N) is 2. The Morgan fingerprint density at radius 3 is 2.46 bits per heavy atom. The Kier molecular flexibility index (Phi) is 6.85. The minimum atomic E-state index is -0.639. The van der Waals surface area contributed by atoms with Gasteiger partial charge in [-0.15, -0.1) is 0 Å². The van der Waals surface area contributed by atoms with Crippen LogP contribution in [0.1, 0.15) is 16.8 Å². The highest BCUT2D eigenvalue weighted by atomic mass is 19.1. The number of aliphatic hydroxyl groups excluding tert-OH is 1. The fourth-order valence-electron chi connectivity index (χ4n) is 3.18. The number of aromatic nitrogens is 1. The zero-order chi connectivity index (χ0) is 19.9. The van der Waals surface area contributed by atoms with Crippen LogP contribution in [-0.2, 0) is 20.1 Å². The van der Waals surface area contributed by atoms with Crippen molar-refractivity contribution in [2.24, 2.45) is 7.05 Å². The Hall–Kier alpha value is -2.63. The standard InChI is InChI=1S/C23H27FN2O2/c1-18-6-3-4-8-23(18)28-17-22(27)16-26(15-21-7-5-13-25(21)2)14-19-9-11-20(24)12-10-19/h3-13,22,27H,14-17H2,1-2H3/t22-/m0/s1. The van der Waals surface area contributed by atoms with E-state index in [9.17, 15) is 9.50 Å². The maximum absolute atomic E-state index is 13.2. The van der Waals surface area contributed by atoms with Crippen LogP contribution in [0.5, 0.6) is 5.75 Å². The van der Waals surface area contributed by atoms with Crippen LogP contribution in [-0.4, -0.2) is 33.8 Å². The van der Waals surface area contributed by atoms with Gasteiger partial charge in [-0.2, -0.15) is 0 Å². The summed E-state index contributed by atoms with van der Waals surface area (Å²) in [6.45, 7) is 3.96. The van der Waals surface area contributed by atoms with Gasteiger partial charge in [-0.1, -0.05) is 30.3 Å². The van der Waals surface area contributed by atoms with Gasteiger partial charge < -0.3 is 14.4 Å². The highest BCUT2D eigenvalue weighted by molar-refractivity contribution is 5.31. The maximum atomic E-state index is 13.2. The van der Waals surface area contributed by atoms with Crippen LogP contribution in [0.3, 0.4) is 0 Å². The van der Waals surface area contributed by atoms with E-state index in [1.807, 2.05) is 50.5 Å². The average Bonchev–Trinajstić information content (AvgIpc) is 3.07. The summed E-state index contributed by atoms with van der Waals surface area (Å²) in [7, 11) is 2.00. The van der Waals surface area contributed by atoms with Crippen LogP contribution in [0.2, 0.25) is 0 Å². The lowest BCUT2D eigenvalue weighted by Crippen LogP contribution is -2.35. The maximum Gasteiger partial charge on any atom is 0.123 e. The lowest BCUT2D eigenvalue weighted by atomic mass is 10.2. The van der Waals surface area contributed by atoms with Crippen LogP contribution < -0.4 is 4.74 Å². The van der Waals surface area contributed by atoms with Gasteiger partial charge in [-0.3, -0.25) is 4.90 Å². The SMILES string of the molecule is Cc1ccccc1OC[C@@H](O)CN(Cc1ccc(F)cc1)Cc1cccn1C. The minimum Gasteiger partial charge on any atom is -0.491 e. The third-order valence-corrected chi connectivity index (χ3v) is 4.75. The van der Waals surface area contributed by atoms with Crippen LogP contribution in [0.4, 0.5) is 4.39 Å². The molecule has 2 aromatic carbocycles. The second-order valence-electron chi connectivity index (χ2n) is 7.14. The van der Waals surface area contributed by atoms with Gasteiger partial charge in [0.05, 0.1) is 0 Å². The highest BCUT2D eigenvalue weighted by Gasteiger charge is 2.15. The van der Waals surface area contributed by atoms with Crippen LogP contribution in [0.25, 0.3) is 0 Å². The van der Waals surface area contributed by atoms with Crippen LogP contribution in [0, 0.1) is 12.7 Å². The van der Waals surface area contributed by atoms with Crippen molar-refractivity contribution in [1.82, 2.24) is 9.47 Å². The number of ether oxygens (including phenoxy) is 1. The number of halogens is 1. The largest absolute Gasteiger partial charge is 0.491 e. The van der Waals surface area contributed by atoms with Crippen molar-refractivity contribution in [2.75, 3.05) is 13.2 Å². The summed E-state index contributed by atoms with van der Waals surface area (Å²) in [6.07, 6.45) is 1.36. The molecule has 0 aliphatic rings. The number of benzene rings is 2. The Labute approximate surface area is 165 Å². The van der Waals surface area contributed by atoms with E-state index in [2.05, 4.69) is 15.5 Å². The van der Waals surface area contributed by atoms with Crippen molar-refractivity contribution < 1.29 is 14.2 Å². The van der Waals surface area contributed by atoms with Gasteiger partial charge in [0.2, 0.25) is 0 Å². The summed E-state index contributed by atoms with van der Waals surface area (Å²) >= 11 is 0. The quantitative estimate of drug-likeness (QED) is 0.610. The van der Waals surface area contributed by atoms with Gasteiger partial charge in [-0.25, -0.2) is 4.39 Å². The summed E-state index contributed by atoms with van der Waals surface area (Å²) in [4.78, 5) is 2.15. The van der Waals surface area contributed by atoms with E-state index < -0.39 is 6.10 Å². The van der Waals surface area contributed by atoms with E-state index in [4.69, 9.17) is 4.74 Å². The molecule has 0 aliphatic heterocycles. The molecule has 0 spiro atoms. The van der Waals surface area contributed by atoms with E-state index in [0.717, 1.165) is 22.6 Å². The number of aliphatic hydroxyl groups is 1. The smallest absolute Gasteiger partial charge is 0.123 e. The molecule has 0 saturated carbocycles. The molecule has 0 aliphatic carbocycles. The summed E-state index contributed by atoms with van der Waals surface area (Å²) in [5, 5.41) is 10.6. The number of hydrogen-bond acceptors (Lipinski definition) is 3. The molecule has 3 rings (SSSR count). The van der Waals surface area contributed by atoms with Crippen molar-refractivity contribution in [3.63, 3.8) is 0 Å². The Balaban J connectivity index is 1.64. The topological polar surface area (TPSA) is 37.6 Å². The first-order chi connectivity index (χ1) is 13.5. The first kappa shape index (κ1) is 20.1. The minimum absolute atomic E-state index is 0.220. The van der Waals surface area contributed by atoms with Crippen molar-refractivity contribution >= 4 is 0 Å². The second-order valence-corrected chi connectivity index (χ2v) is 7.14. The highest BCUT2D eigenvalue weighted by Crippen LogP contribution is 2.17. The summed E-state index contributed by atoms with van der Waals surface area (Å²) in [5.74, 6) is 0.540. The van der Waals surface area contributed by atoms with Crippen molar-refractivity contribution in [1.29, 1.82) is 0 Å². The third kappa shape index (κ3) is 5.68. The molecule has 5 heteroatoms. The predicted octanol–water partition coefficient (Wildman–Crippen LogP) is 3.91. The normalized spacial score (nSPS) is 12.3. The molecule has 1 aromatic heterocycles. The second kappa shape index (κ2) is 9.53. The molecule has 0 radical (unpaired) electrons. The molecule has 1 N–H and O–H groups in total. The van der Waals surface area contributed by atoms with Crippen molar-refractivity contribution in [3.05, 3.63) is 89.5 Å². The number of rotatable bonds is 9. The number of aryl methyl sites for hydroxylation is 2. The fourth-order valence-corrected chi connectivity index (χ4v) is 3.18. The zero-order valence-electron chi connectivity index (χ0n) is 16.4. The molecule has 28 heavy (non-hydrogen) atoms. The molecule has 0 saturated heterocycles. The molecule has 0 fully saturated rings. The van der Waals surface area contributed by atoms with E-state index in [0.29, 0.717) is 19.6 Å². The van der Waals surface area contributed by atoms with Gasteiger partial charge >= 0.3 is 0 Å². The molecular weight excluding hydrogens is 355 g/mol. The Morgan fingerprint density at radius 1 is 1.04 bits per heavy atom. The molecule has 3 aromatic rings. The van der Waals surface area contributed by atoms with Crippen LogP contribution in [0.15, 0.2) is 66.9 Å². The molecule has 0 amide bonds. The average molecular weight is 382 g/mol. The van der Waals surface area contributed by atoms with Gasteiger partial charge in [0, 0.05) is 38.6 Å². The van der Waals surface area contributed by atoms with Gasteiger partial charge in [0.15, 0.2) is 0 Å². The van der Waals surface area contributed by atoms with Gasteiger partial charge in [-0.05, 0) is 48.4 Å². The monoisotopic (exact) mass is 382 g/mol. The lowest BCUT2D eigenvalue weighted by Gasteiger charge is -2.26. The molecular formula is C23H27FN2O2. The summed E-state index contributed by atoms with van der Waals surface area (Å²) < 4.78 is 21.1. The third-order valence-electron chi connectivity index (χ3n) is 4.75. The lowest BCUT2D eigenvalue weighted by molar-refractivity contribution is 0.0619. The molecule has 0 bridgehead atoms. The molecule has 148 valence electrons. The van der Waals surface area contributed by atoms with E-state index in [-0.39, 0.29) is 12.4 Å². The molecule has 1 atom stereocenters. The predicted molar refractivity (Wildman–Crippen MR) is 109 cm³/mol. The Bertz CT molecular complexity index is 876. The van der Waals surface area contributed by atoms with E-state index >= 15 is 0 Å². The number of para-hydroxylation sites is 1. The number of hydrogen-bond donors (Lipinski definition) is 1. The first-order valence-corrected chi connectivity index (χ1v) is 9.45. The first-order valence-electron chi connectivity index (χ1n) is 9.45. The van der Waals surface area contributed by atoms with Gasteiger partial charge in [0.25, 0.3) is 0 Å².